The fourth-order valence-corrected chi connectivity index (χ4v) is 1.54. The van der Waals surface area contributed by atoms with Gasteiger partial charge in [-0.2, -0.15) is 0 Å². The number of ether oxygens (including phenoxy) is 1. The SMILES string of the molecule is COc1c(CC(N)C(=O)O)ccc(F)c1Cl. The molecule has 16 heavy (non-hydrogen) atoms. The van der Waals surface area contributed by atoms with E-state index < -0.39 is 17.8 Å². The molecule has 0 spiro atoms. The highest BCUT2D eigenvalue weighted by atomic mass is 35.5. The Kier molecular flexibility index (Phi) is 4.09. The third-order valence-corrected chi connectivity index (χ3v) is 2.44. The fraction of sp³-hybridized carbons (Fsp3) is 0.300. The lowest BCUT2D eigenvalue weighted by atomic mass is 10.1. The molecule has 0 aliphatic rings. The molecule has 0 saturated carbocycles. The van der Waals surface area contributed by atoms with E-state index in [0.717, 1.165) is 6.07 Å². The van der Waals surface area contributed by atoms with E-state index in [2.05, 4.69) is 0 Å². The fourth-order valence-electron chi connectivity index (χ4n) is 1.28. The van der Waals surface area contributed by atoms with Gasteiger partial charge in [0, 0.05) is 6.42 Å². The monoisotopic (exact) mass is 247 g/mol. The minimum absolute atomic E-state index is 0.0263. The van der Waals surface area contributed by atoms with Gasteiger partial charge in [-0.05, 0) is 11.6 Å². The Bertz CT molecular complexity index is 411. The molecule has 0 aliphatic heterocycles. The van der Waals surface area contributed by atoms with Crippen molar-refractivity contribution in [3.63, 3.8) is 0 Å². The molecule has 0 heterocycles. The van der Waals surface area contributed by atoms with E-state index in [1.54, 1.807) is 0 Å². The highest BCUT2D eigenvalue weighted by Crippen LogP contribution is 2.31. The Morgan fingerprint density at radius 3 is 2.81 bits per heavy atom. The van der Waals surface area contributed by atoms with Gasteiger partial charge < -0.3 is 15.6 Å². The summed E-state index contributed by atoms with van der Waals surface area (Å²) in [5.74, 6) is -1.63. The van der Waals surface area contributed by atoms with Crippen molar-refractivity contribution in [3.05, 3.63) is 28.5 Å². The van der Waals surface area contributed by atoms with Crippen molar-refractivity contribution < 1.29 is 19.0 Å². The van der Waals surface area contributed by atoms with Crippen molar-refractivity contribution in [3.8, 4) is 5.75 Å². The van der Waals surface area contributed by atoms with Crippen molar-refractivity contribution in [2.24, 2.45) is 5.73 Å². The van der Waals surface area contributed by atoms with Crippen LogP contribution >= 0.6 is 11.6 Å². The molecule has 0 saturated heterocycles. The summed E-state index contributed by atoms with van der Waals surface area (Å²) in [5.41, 5.74) is 5.83. The molecule has 0 radical (unpaired) electrons. The van der Waals surface area contributed by atoms with Gasteiger partial charge >= 0.3 is 5.97 Å². The molecular weight excluding hydrogens is 237 g/mol. The van der Waals surface area contributed by atoms with E-state index in [-0.39, 0.29) is 17.2 Å². The Morgan fingerprint density at radius 1 is 1.69 bits per heavy atom. The Balaban J connectivity index is 3.05. The van der Waals surface area contributed by atoms with Crippen LogP contribution < -0.4 is 10.5 Å². The molecule has 3 N–H and O–H groups in total. The maximum atomic E-state index is 13.1. The molecule has 1 atom stereocenters. The van der Waals surface area contributed by atoms with E-state index in [0.29, 0.717) is 5.56 Å². The molecule has 88 valence electrons. The third kappa shape index (κ3) is 2.62. The summed E-state index contributed by atoms with van der Waals surface area (Å²) < 4.78 is 18.0. The van der Waals surface area contributed by atoms with Crippen molar-refractivity contribution >= 4 is 17.6 Å². The predicted octanol–water partition coefficient (Wildman–Crippen LogP) is 1.44. The molecule has 6 heteroatoms. The van der Waals surface area contributed by atoms with E-state index in [4.69, 9.17) is 27.2 Å². The number of benzene rings is 1. The number of hydrogen-bond acceptors (Lipinski definition) is 3. The molecule has 4 nitrogen and oxygen atoms in total. The van der Waals surface area contributed by atoms with Crippen LogP contribution in [0.4, 0.5) is 4.39 Å². The third-order valence-electron chi connectivity index (χ3n) is 2.09. The van der Waals surface area contributed by atoms with Crippen molar-refractivity contribution in [1.29, 1.82) is 0 Å². The van der Waals surface area contributed by atoms with Gasteiger partial charge in [0.2, 0.25) is 0 Å². The summed E-state index contributed by atoms with van der Waals surface area (Å²) in [6.07, 6.45) is 0.0263. The summed E-state index contributed by atoms with van der Waals surface area (Å²) in [4.78, 5) is 10.6. The van der Waals surface area contributed by atoms with Crippen molar-refractivity contribution in [2.45, 2.75) is 12.5 Å². The number of rotatable bonds is 4. The van der Waals surface area contributed by atoms with Crippen LogP contribution in [0.15, 0.2) is 12.1 Å². The zero-order valence-corrected chi connectivity index (χ0v) is 9.29. The van der Waals surface area contributed by atoms with Crippen LogP contribution in [0.3, 0.4) is 0 Å². The maximum Gasteiger partial charge on any atom is 0.320 e. The van der Waals surface area contributed by atoms with Gasteiger partial charge in [0.15, 0.2) is 0 Å². The average Bonchev–Trinajstić information content (AvgIpc) is 2.23. The molecule has 0 aromatic heterocycles. The number of nitrogens with two attached hydrogens (primary N) is 1. The second-order valence-corrected chi connectivity index (χ2v) is 3.58. The first-order valence-corrected chi connectivity index (χ1v) is 4.84. The van der Waals surface area contributed by atoms with Gasteiger partial charge in [-0.3, -0.25) is 4.79 Å². The second kappa shape index (κ2) is 5.14. The number of methoxy groups -OCH3 is 1. The Morgan fingerprint density at radius 2 is 2.31 bits per heavy atom. The van der Waals surface area contributed by atoms with Crippen LogP contribution in [-0.2, 0) is 11.2 Å². The quantitative estimate of drug-likeness (QED) is 0.845. The minimum atomic E-state index is -1.14. The van der Waals surface area contributed by atoms with E-state index in [9.17, 15) is 9.18 Å². The summed E-state index contributed by atoms with van der Waals surface area (Å²) in [5, 5.41) is 8.49. The molecule has 0 aliphatic carbocycles. The van der Waals surface area contributed by atoms with E-state index >= 15 is 0 Å². The largest absolute Gasteiger partial charge is 0.495 e. The summed E-state index contributed by atoms with van der Waals surface area (Å²) in [6, 6.07) is 1.48. The Hall–Kier alpha value is -1.33. The lowest BCUT2D eigenvalue weighted by Crippen LogP contribution is -2.32. The smallest absolute Gasteiger partial charge is 0.320 e. The predicted molar refractivity (Wildman–Crippen MR) is 57.3 cm³/mol. The summed E-state index contributed by atoms with van der Waals surface area (Å²) in [7, 11) is 1.33. The zero-order valence-electron chi connectivity index (χ0n) is 8.54. The lowest BCUT2D eigenvalue weighted by Gasteiger charge is -2.12. The molecule has 0 bridgehead atoms. The highest BCUT2D eigenvalue weighted by Gasteiger charge is 2.18. The van der Waals surface area contributed by atoms with Crippen LogP contribution in [0.1, 0.15) is 5.56 Å². The maximum absolute atomic E-state index is 13.1. The van der Waals surface area contributed by atoms with Crippen LogP contribution in [0.5, 0.6) is 5.75 Å². The lowest BCUT2D eigenvalue weighted by molar-refractivity contribution is -0.138. The Labute approximate surface area is 96.8 Å². The molecule has 0 amide bonds. The number of aliphatic carboxylic acids is 1. The van der Waals surface area contributed by atoms with Crippen LogP contribution in [-0.4, -0.2) is 24.2 Å². The van der Waals surface area contributed by atoms with Gasteiger partial charge in [0.25, 0.3) is 0 Å². The number of hydrogen-bond donors (Lipinski definition) is 2. The number of carboxylic acids is 1. The first kappa shape index (κ1) is 12.7. The van der Waals surface area contributed by atoms with Gasteiger partial charge in [-0.25, -0.2) is 4.39 Å². The van der Waals surface area contributed by atoms with Crippen molar-refractivity contribution in [2.75, 3.05) is 7.11 Å². The number of halogens is 2. The molecule has 1 rings (SSSR count). The van der Waals surface area contributed by atoms with Crippen LogP contribution in [0.25, 0.3) is 0 Å². The normalized spacial score (nSPS) is 12.2. The van der Waals surface area contributed by atoms with Gasteiger partial charge in [-0.1, -0.05) is 17.7 Å². The molecule has 1 aromatic rings. The van der Waals surface area contributed by atoms with Crippen molar-refractivity contribution in [1.82, 2.24) is 0 Å². The van der Waals surface area contributed by atoms with Gasteiger partial charge in [0.1, 0.15) is 22.6 Å². The van der Waals surface area contributed by atoms with Gasteiger partial charge in [0.05, 0.1) is 7.11 Å². The van der Waals surface area contributed by atoms with E-state index in [1.165, 1.54) is 13.2 Å². The summed E-state index contributed by atoms with van der Waals surface area (Å²) >= 11 is 5.67. The molecule has 0 fully saturated rings. The van der Waals surface area contributed by atoms with Gasteiger partial charge in [-0.15, -0.1) is 0 Å². The second-order valence-electron chi connectivity index (χ2n) is 3.20. The summed E-state index contributed by atoms with van der Waals surface area (Å²) in [6.45, 7) is 0. The average molecular weight is 248 g/mol. The zero-order chi connectivity index (χ0) is 12.3. The molecule has 1 aromatic carbocycles. The molecular formula is C10H11ClFNO3. The first-order chi connectivity index (χ1) is 7.47. The number of carboxylic acid groups (broad SMARTS) is 1. The molecule has 1 unspecified atom stereocenters. The van der Waals surface area contributed by atoms with E-state index in [1.807, 2.05) is 0 Å². The minimum Gasteiger partial charge on any atom is -0.495 e. The topological polar surface area (TPSA) is 72.5 Å². The first-order valence-electron chi connectivity index (χ1n) is 4.46. The van der Waals surface area contributed by atoms with Crippen LogP contribution in [0.2, 0.25) is 5.02 Å². The van der Waals surface area contributed by atoms with Crippen LogP contribution in [0, 0.1) is 5.82 Å². The highest BCUT2D eigenvalue weighted by molar-refractivity contribution is 6.32. The number of carbonyl (C=O) groups is 1. The standard InChI is InChI=1S/C10H11ClFNO3/c1-16-9-5(4-7(13)10(14)15)2-3-6(12)8(9)11/h2-3,7H,4,13H2,1H3,(H,14,15).